The molecule has 0 heterocycles. The second-order valence-electron chi connectivity index (χ2n) is 12.2. The number of fused-ring (bicyclic) bond motifs is 5. The third-order valence-corrected chi connectivity index (χ3v) is 10.1. The van der Waals surface area contributed by atoms with Gasteiger partial charge in [0, 0.05) is 18.0 Å². The number of nitrogens with zero attached hydrogens (tertiary/aromatic N) is 1. The van der Waals surface area contributed by atoms with Crippen molar-refractivity contribution in [3.8, 4) is 0 Å². The summed E-state index contributed by atoms with van der Waals surface area (Å²) in [5, 5.41) is 10.7. The van der Waals surface area contributed by atoms with Crippen molar-refractivity contribution < 1.29 is 9.90 Å². The van der Waals surface area contributed by atoms with Gasteiger partial charge in [-0.05, 0) is 113 Å². The van der Waals surface area contributed by atoms with Gasteiger partial charge in [-0.2, -0.15) is 0 Å². The molecule has 4 aliphatic carbocycles. The number of carbonyl (C=O) groups excluding carboxylic acids is 1. The molecule has 2 unspecified atom stereocenters. The van der Waals surface area contributed by atoms with Crippen molar-refractivity contribution in [2.75, 3.05) is 20.6 Å². The summed E-state index contributed by atoms with van der Waals surface area (Å²) in [5.74, 6) is 3.46. The Morgan fingerprint density at radius 3 is 2.34 bits per heavy atom. The molecule has 0 bridgehead atoms. The molecule has 3 heteroatoms. The van der Waals surface area contributed by atoms with Gasteiger partial charge >= 0.3 is 0 Å². The zero-order valence-corrected chi connectivity index (χ0v) is 19.5. The molecule has 8 atom stereocenters. The van der Waals surface area contributed by atoms with Crippen LogP contribution in [0.5, 0.6) is 0 Å². The summed E-state index contributed by atoms with van der Waals surface area (Å²) in [7, 11) is 4.03. The van der Waals surface area contributed by atoms with Crippen molar-refractivity contribution in [2.45, 2.75) is 84.2 Å². The van der Waals surface area contributed by atoms with Gasteiger partial charge in [0.15, 0.2) is 5.78 Å². The van der Waals surface area contributed by atoms with Crippen LogP contribution in [0.4, 0.5) is 0 Å². The molecule has 1 N–H and O–H groups in total. The fourth-order valence-corrected chi connectivity index (χ4v) is 8.57. The summed E-state index contributed by atoms with van der Waals surface area (Å²) in [6.07, 6.45) is 10.5. The number of likely N-dealkylation sites (N-methyl/N-ethyl adjacent to an activating group) is 1. The molecule has 3 nitrogen and oxygen atoms in total. The lowest BCUT2D eigenvalue weighted by atomic mass is 9.44. The molecule has 0 aliphatic heterocycles. The van der Waals surface area contributed by atoms with Crippen molar-refractivity contribution in [3.05, 3.63) is 12.2 Å². The van der Waals surface area contributed by atoms with E-state index in [1.165, 1.54) is 38.5 Å². The van der Waals surface area contributed by atoms with Crippen LogP contribution in [-0.2, 0) is 4.79 Å². The highest BCUT2D eigenvalue weighted by Crippen LogP contribution is 2.68. The van der Waals surface area contributed by atoms with E-state index < -0.39 is 5.60 Å². The molecule has 4 saturated carbocycles. The molecule has 4 aliphatic rings. The topological polar surface area (TPSA) is 40.5 Å². The van der Waals surface area contributed by atoms with Crippen molar-refractivity contribution in [1.29, 1.82) is 0 Å². The molecule has 29 heavy (non-hydrogen) atoms. The summed E-state index contributed by atoms with van der Waals surface area (Å²) in [6.45, 7) is 11.9. The largest absolute Gasteiger partial charge is 0.390 e. The Hall–Kier alpha value is -0.670. The normalized spacial score (nSPS) is 49.3. The van der Waals surface area contributed by atoms with Crippen molar-refractivity contribution in [3.63, 3.8) is 0 Å². The smallest absolute Gasteiger partial charge is 0.163 e. The fourth-order valence-electron chi connectivity index (χ4n) is 8.57. The van der Waals surface area contributed by atoms with Crippen molar-refractivity contribution in [2.24, 2.45) is 40.4 Å². The Labute approximate surface area is 178 Å². The molecule has 4 rings (SSSR count). The highest BCUT2D eigenvalue weighted by molar-refractivity contribution is 5.97. The van der Waals surface area contributed by atoms with Gasteiger partial charge < -0.3 is 10.0 Å². The minimum atomic E-state index is -0.460. The average Bonchev–Trinajstić information content (AvgIpc) is 2.98. The van der Waals surface area contributed by atoms with E-state index in [-0.39, 0.29) is 11.3 Å². The zero-order chi connectivity index (χ0) is 21.2. The first-order valence-electron chi connectivity index (χ1n) is 12.1. The highest BCUT2D eigenvalue weighted by Gasteiger charge is 2.61. The molecule has 0 aromatic heterocycles. The summed E-state index contributed by atoms with van der Waals surface area (Å²) in [6, 6.07) is 0. The molecular formula is C26H43NO2. The van der Waals surface area contributed by atoms with Crippen molar-refractivity contribution >= 4 is 5.78 Å². The van der Waals surface area contributed by atoms with Gasteiger partial charge in [-0.25, -0.2) is 0 Å². The Kier molecular flexibility index (Phi) is 5.35. The Bertz CT molecular complexity index is 682. The van der Waals surface area contributed by atoms with E-state index in [1.807, 2.05) is 21.0 Å². The summed E-state index contributed by atoms with van der Waals surface area (Å²) in [4.78, 5) is 15.4. The first-order chi connectivity index (χ1) is 13.5. The van der Waals surface area contributed by atoms with Crippen LogP contribution >= 0.6 is 0 Å². The minimum Gasteiger partial charge on any atom is -0.390 e. The van der Waals surface area contributed by atoms with Crippen LogP contribution in [-0.4, -0.2) is 42.0 Å². The number of ketones is 1. The quantitative estimate of drug-likeness (QED) is 0.668. The van der Waals surface area contributed by atoms with Gasteiger partial charge in [-0.1, -0.05) is 20.4 Å². The Morgan fingerprint density at radius 2 is 1.66 bits per heavy atom. The molecule has 164 valence electrons. The molecule has 0 radical (unpaired) electrons. The lowest BCUT2D eigenvalue weighted by Gasteiger charge is -2.61. The molecule has 0 aromatic rings. The SMILES string of the molecule is C=C(CN(C)C)C(=O)[C@H]1CC[C@H]2[C@@H]3CCC4CC(C)(O)CC[C@]4(C)[C@H]3CC[C@]12C. The molecule has 0 saturated heterocycles. The predicted molar refractivity (Wildman–Crippen MR) is 119 cm³/mol. The third kappa shape index (κ3) is 3.45. The van der Waals surface area contributed by atoms with Gasteiger partial charge in [-0.3, -0.25) is 4.79 Å². The predicted octanol–water partition coefficient (Wildman–Crippen LogP) is 5.08. The number of hydrogen-bond donors (Lipinski definition) is 1. The van der Waals surface area contributed by atoms with E-state index in [0.29, 0.717) is 29.6 Å². The number of Topliss-reactive ketones (excluding diaryl/α,β-unsaturated/α-hetero) is 1. The maximum atomic E-state index is 13.3. The minimum absolute atomic E-state index is 0.164. The van der Waals surface area contributed by atoms with Gasteiger partial charge in [0.25, 0.3) is 0 Å². The van der Waals surface area contributed by atoms with Crippen LogP contribution in [0.1, 0.15) is 78.6 Å². The van der Waals surface area contributed by atoms with E-state index >= 15 is 0 Å². The summed E-state index contributed by atoms with van der Waals surface area (Å²) < 4.78 is 0. The molecule has 0 amide bonds. The second kappa shape index (κ2) is 7.19. The Balaban J connectivity index is 1.54. The second-order valence-corrected chi connectivity index (χ2v) is 12.2. The molecular weight excluding hydrogens is 358 g/mol. The first kappa shape index (κ1) is 21.6. The zero-order valence-electron chi connectivity index (χ0n) is 19.5. The molecule has 0 aromatic carbocycles. The van der Waals surface area contributed by atoms with Crippen LogP contribution in [0, 0.1) is 40.4 Å². The number of rotatable bonds is 4. The lowest BCUT2D eigenvalue weighted by Crippen LogP contribution is -2.55. The highest BCUT2D eigenvalue weighted by atomic mass is 16.3. The number of aliphatic hydroxyl groups is 1. The monoisotopic (exact) mass is 401 g/mol. The summed E-state index contributed by atoms with van der Waals surface area (Å²) in [5.41, 5.74) is 0.895. The summed E-state index contributed by atoms with van der Waals surface area (Å²) >= 11 is 0. The number of hydrogen-bond acceptors (Lipinski definition) is 3. The average molecular weight is 402 g/mol. The van der Waals surface area contributed by atoms with Gasteiger partial charge in [0.2, 0.25) is 0 Å². The lowest BCUT2D eigenvalue weighted by molar-refractivity contribution is -0.149. The van der Waals surface area contributed by atoms with Crippen LogP contribution in [0.25, 0.3) is 0 Å². The Morgan fingerprint density at radius 1 is 0.966 bits per heavy atom. The van der Waals surface area contributed by atoms with Crippen LogP contribution < -0.4 is 0 Å². The van der Waals surface area contributed by atoms with E-state index in [1.54, 1.807) is 0 Å². The maximum Gasteiger partial charge on any atom is 0.163 e. The van der Waals surface area contributed by atoms with Crippen LogP contribution in [0.15, 0.2) is 12.2 Å². The van der Waals surface area contributed by atoms with Crippen LogP contribution in [0.2, 0.25) is 0 Å². The molecule has 4 fully saturated rings. The third-order valence-electron chi connectivity index (χ3n) is 10.1. The van der Waals surface area contributed by atoms with E-state index in [9.17, 15) is 9.90 Å². The standard InChI is InChI=1S/C26H43NO2/c1-17(16-27(5)6)23(28)22-10-9-20-19-8-7-18-15-24(2,29)13-14-25(18,3)21(19)11-12-26(20,22)4/h18-22,29H,1,7-16H2,2-6H3/t18?,19-,20-,21-,22+,24?,25-,26-/m0/s1. The van der Waals surface area contributed by atoms with Gasteiger partial charge in [0.05, 0.1) is 5.60 Å². The first-order valence-corrected chi connectivity index (χ1v) is 12.1. The molecule has 0 spiro atoms. The van der Waals surface area contributed by atoms with Gasteiger partial charge in [-0.15, -0.1) is 0 Å². The van der Waals surface area contributed by atoms with E-state index in [4.69, 9.17) is 0 Å². The van der Waals surface area contributed by atoms with Crippen LogP contribution in [0.3, 0.4) is 0 Å². The van der Waals surface area contributed by atoms with E-state index in [2.05, 4.69) is 25.3 Å². The van der Waals surface area contributed by atoms with E-state index in [0.717, 1.165) is 36.7 Å². The van der Waals surface area contributed by atoms with Crippen molar-refractivity contribution in [1.82, 2.24) is 4.90 Å². The number of carbonyl (C=O) groups is 1. The maximum absolute atomic E-state index is 13.3. The fraction of sp³-hybridized carbons (Fsp3) is 0.885. The van der Waals surface area contributed by atoms with Gasteiger partial charge in [0.1, 0.15) is 0 Å².